The molecule has 0 radical (unpaired) electrons. The zero-order valence-corrected chi connectivity index (χ0v) is 11.0. The van der Waals surface area contributed by atoms with Gasteiger partial charge in [-0.15, -0.1) is 0 Å². The van der Waals surface area contributed by atoms with Gasteiger partial charge in [-0.05, 0) is 37.3 Å². The van der Waals surface area contributed by atoms with Crippen molar-refractivity contribution in [3.63, 3.8) is 0 Å². The van der Waals surface area contributed by atoms with Gasteiger partial charge in [0.1, 0.15) is 0 Å². The second kappa shape index (κ2) is 7.01. The SMILES string of the molecule is CSC1CCCC(NCCSC(F)(F)F)C1. The third kappa shape index (κ3) is 6.25. The zero-order chi connectivity index (χ0) is 12.0. The third-order valence-corrected chi connectivity index (χ3v) is 4.59. The van der Waals surface area contributed by atoms with Gasteiger partial charge in [0, 0.05) is 23.6 Å². The van der Waals surface area contributed by atoms with E-state index in [9.17, 15) is 13.2 Å². The minimum Gasteiger partial charge on any atom is -0.313 e. The van der Waals surface area contributed by atoms with Gasteiger partial charge in [-0.25, -0.2) is 0 Å². The first-order valence-electron chi connectivity index (χ1n) is 5.48. The van der Waals surface area contributed by atoms with E-state index in [0.29, 0.717) is 17.8 Å². The number of alkyl halides is 3. The van der Waals surface area contributed by atoms with Gasteiger partial charge in [0.25, 0.3) is 0 Å². The molecule has 0 amide bonds. The molecule has 1 fully saturated rings. The highest BCUT2D eigenvalue weighted by Gasteiger charge is 2.27. The smallest absolute Gasteiger partial charge is 0.313 e. The van der Waals surface area contributed by atoms with Crippen LogP contribution in [-0.2, 0) is 0 Å². The molecule has 1 saturated carbocycles. The van der Waals surface area contributed by atoms with Crippen molar-refractivity contribution in [3.8, 4) is 0 Å². The van der Waals surface area contributed by atoms with Gasteiger partial charge in [0.05, 0.1) is 0 Å². The van der Waals surface area contributed by atoms with E-state index in [-0.39, 0.29) is 17.5 Å². The minimum absolute atomic E-state index is 0.0610. The molecule has 2 atom stereocenters. The summed E-state index contributed by atoms with van der Waals surface area (Å²) in [7, 11) is 0. The van der Waals surface area contributed by atoms with Crippen molar-refractivity contribution >= 4 is 23.5 Å². The molecule has 1 rings (SSSR count). The van der Waals surface area contributed by atoms with Gasteiger partial charge in [-0.2, -0.15) is 24.9 Å². The Labute approximate surface area is 103 Å². The Kier molecular flexibility index (Phi) is 6.36. The van der Waals surface area contributed by atoms with Crippen LogP contribution < -0.4 is 5.32 Å². The molecule has 1 aliphatic carbocycles. The van der Waals surface area contributed by atoms with Gasteiger partial charge < -0.3 is 5.32 Å². The van der Waals surface area contributed by atoms with E-state index in [0.717, 1.165) is 12.8 Å². The van der Waals surface area contributed by atoms with Crippen LogP contribution in [0.5, 0.6) is 0 Å². The lowest BCUT2D eigenvalue weighted by atomic mass is 9.95. The summed E-state index contributed by atoms with van der Waals surface area (Å²) in [6.07, 6.45) is 6.74. The van der Waals surface area contributed by atoms with Crippen molar-refractivity contribution in [3.05, 3.63) is 0 Å². The summed E-state index contributed by atoms with van der Waals surface area (Å²) >= 11 is 1.93. The van der Waals surface area contributed by atoms with E-state index in [1.807, 2.05) is 11.8 Å². The van der Waals surface area contributed by atoms with E-state index < -0.39 is 5.51 Å². The molecular formula is C10H18F3NS2. The predicted octanol–water partition coefficient (Wildman–Crippen LogP) is 3.50. The normalized spacial score (nSPS) is 27.0. The second-order valence-corrected chi connectivity index (χ2v) is 6.27. The van der Waals surface area contributed by atoms with Crippen molar-refractivity contribution in [2.24, 2.45) is 0 Å². The Hall–Kier alpha value is 0.450. The fraction of sp³-hybridized carbons (Fsp3) is 1.00. The van der Waals surface area contributed by atoms with Crippen LogP contribution in [0.2, 0.25) is 0 Å². The summed E-state index contributed by atoms with van der Waals surface area (Å²) in [4.78, 5) is 0. The number of thioether (sulfide) groups is 2. The van der Waals surface area contributed by atoms with Crippen LogP contribution in [0.1, 0.15) is 25.7 Å². The molecule has 0 bridgehead atoms. The zero-order valence-electron chi connectivity index (χ0n) is 9.35. The lowest BCUT2D eigenvalue weighted by Gasteiger charge is -2.28. The first-order valence-corrected chi connectivity index (χ1v) is 7.75. The van der Waals surface area contributed by atoms with Crippen LogP contribution in [0.15, 0.2) is 0 Å². The molecule has 0 spiro atoms. The van der Waals surface area contributed by atoms with Gasteiger partial charge in [-0.1, -0.05) is 6.42 Å². The van der Waals surface area contributed by atoms with E-state index in [2.05, 4.69) is 11.6 Å². The summed E-state index contributed by atoms with van der Waals surface area (Å²) in [6.45, 7) is 0.454. The van der Waals surface area contributed by atoms with Crippen molar-refractivity contribution in [2.45, 2.75) is 42.5 Å². The van der Waals surface area contributed by atoms with Gasteiger partial charge >= 0.3 is 5.51 Å². The maximum atomic E-state index is 11.9. The predicted molar refractivity (Wildman–Crippen MR) is 66.1 cm³/mol. The molecule has 1 nitrogen and oxygen atoms in total. The summed E-state index contributed by atoms with van der Waals surface area (Å²) in [5.74, 6) is 0.115. The minimum atomic E-state index is -4.09. The van der Waals surface area contributed by atoms with Crippen molar-refractivity contribution in [1.29, 1.82) is 0 Å². The average Bonchev–Trinajstić information content (AvgIpc) is 2.23. The molecule has 0 heterocycles. The lowest BCUT2D eigenvalue weighted by molar-refractivity contribution is -0.0327. The molecule has 0 aromatic rings. The molecule has 0 saturated heterocycles. The highest BCUT2D eigenvalue weighted by Crippen LogP contribution is 2.30. The van der Waals surface area contributed by atoms with Crippen LogP contribution in [0.3, 0.4) is 0 Å². The average molecular weight is 273 g/mol. The highest BCUT2D eigenvalue weighted by atomic mass is 32.2. The monoisotopic (exact) mass is 273 g/mol. The van der Waals surface area contributed by atoms with E-state index in [1.165, 1.54) is 12.8 Å². The van der Waals surface area contributed by atoms with Crippen LogP contribution in [0.25, 0.3) is 0 Å². The quantitative estimate of drug-likeness (QED) is 0.770. The Balaban J connectivity index is 2.08. The molecule has 0 aliphatic heterocycles. The first kappa shape index (κ1) is 14.5. The van der Waals surface area contributed by atoms with Crippen molar-refractivity contribution in [2.75, 3.05) is 18.6 Å². The van der Waals surface area contributed by atoms with E-state index in [1.54, 1.807) is 0 Å². The fourth-order valence-corrected chi connectivity index (χ4v) is 3.25. The second-order valence-electron chi connectivity index (χ2n) is 3.97. The van der Waals surface area contributed by atoms with E-state index >= 15 is 0 Å². The molecule has 0 aromatic carbocycles. The standard InChI is InChI=1S/C10H18F3NS2/c1-15-9-4-2-3-8(7-9)14-5-6-16-10(11,12)13/h8-9,14H,2-7H2,1H3. The summed E-state index contributed by atoms with van der Waals surface area (Å²) in [5, 5.41) is 3.91. The molecule has 2 unspecified atom stereocenters. The Morgan fingerprint density at radius 3 is 2.69 bits per heavy atom. The Morgan fingerprint density at radius 1 is 1.31 bits per heavy atom. The Morgan fingerprint density at radius 2 is 2.06 bits per heavy atom. The van der Waals surface area contributed by atoms with Crippen LogP contribution >= 0.6 is 23.5 Å². The number of rotatable bonds is 5. The van der Waals surface area contributed by atoms with Gasteiger partial charge in [-0.3, -0.25) is 0 Å². The fourth-order valence-electron chi connectivity index (χ4n) is 1.97. The Bertz CT molecular complexity index is 199. The van der Waals surface area contributed by atoms with Crippen LogP contribution in [-0.4, -0.2) is 35.4 Å². The molecule has 96 valence electrons. The first-order chi connectivity index (χ1) is 7.51. The van der Waals surface area contributed by atoms with E-state index in [4.69, 9.17) is 0 Å². The summed E-state index contributed by atoms with van der Waals surface area (Å²) in [5.41, 5.74) is -4.09. The lowest BCUT2D eigenvalue weighted by Crippen LogP contribution is -2.36. The summed E-state index contributed by atoms with van der Waals surface area (Å²) < 4.78 is 35.6. The molecule has 6 heteroatoms. The molecule has 0 aromatic heterocycles. The third-order valence-electron chi connectivity index (χ3n) is 2.76. The van der Waals surface area contributed by atoms with Crippen LogP contribution in [0.4, 0.5) is 13.2 Å². The highest BCUT2D eigenvalue weighted by molar-refractivity contribution is 8.00. The maximum Gasteiger partial charge on any atom is 0.441 e. The maximum absolute atomic E-state index is 11.9. The number of hydrogen-bond acceptors (Lipinski definition) is 3. The largest absolute Gasteiger partial charge is 0.441 e. The van der Waals surface area contributed by atoms with Gasteiger partial charge in [0.15, 0.2) is 0 Å². The molecule has 16 heavy (non-hydrogen) atoms. The van der Waals surface area contributed by atoms with Crippen molar-refractivity contribution < 1.29 is 13.2 Å². The number of nitrogens with one attached hydrogen (secondary N) is 1. The summed E-state index contributed by atoms with van der Waals surface area (Å²) in [6, 6.07) is 0.417. The van der Waals surface area contributed by atoms with Gasteiger partial charge in [0.2, 0.25) is 0 Å². The number of hydrogen-bond donors (Lipinski definition) is 1. The molecule has 1 aliphatic rings. The molecule has 1 N–H and O–H groups in total. The topological polar surface area (TPSA) is 12.0 Å². The van der Waals surface area contributed by atoms with Crippen LogP contribution in [0, 0.1) is 0 Å². The van der Waals surface area contributed by atoms with Crippen molar-refractivity contribution in [1.82, 2.24) is 5.32 Å². The molecular weight excluding hydrogens is 255 g/mol. The number of halogens is 3.